The third kappa shape index (κ3) is 4.25. The van der Waals surface area contributed by atoms with Gasteiger partial charge in [-0.25, -0.2) is 4.39 Å². The van der Waals surface area contributed by atoms with Crippen LogP contribution in [0.5, 0.6) is 0 Å². The van der Waals surface area contributed by atoms with E-state index in [-0.39, 0.29) is 37.0 Å². The summed E-state index contributed by atoms with van der Waals surface area (Å²) < 4.78 is 23.7. The van der Waals surface area contributed by atoms with Gasteiger partial charge >= 0.3 is 0 Å². The fraction of sp³-hybridized carbons (Fsp3) is 0.474. The predicted octanol–water partition coefficient (Wildman–Crippen LogP) is 3.79. The Balaban J connectivity index is 1.52. The van der Waals surface area contributed by atoms with Gasteiger partial charge in [0, 0.05) is 23.7 Å². The Bertz CT molecular complexity index is 704. The smallest absolute Gasteiger partial charge is 0.249 e. The molecule has 134 valence electrons. The van der Waals surface area contributed by atoms with Crippen LogP contribution in [-0.2, 0) is 16.1 Å². The summed E-state index contributed by atoms with van der Waals surface area (Å²) >= 11 is 0. The number of carbonyl (C=O) groups is 1. The lowest BCUT2D eigenvalue weighted by Crippen LogP contribution is -2.48. The van der Waals surface area contributed by atoms with Gasteiger partial charge in [0.25, 0.3) is 0 Å². The fourth-order valence-electron chi connectivity index (χ4n) is 3.36. The molecule has 2 heterocycles. The summed E-state index contributed by atoms with van der Waals surface area (Å²) in [6, 6.07) is 8.26. The normalized spacial score (nSPS) is 20.7. The van der Waals surface area contributed by atoms with Crippen LogP contribution in [0.3, 0.4) is 0 Å². The van der Waals surface area contributed by atoms with Crippen LogP contribution in [0, 0.1) is 5.82 Å². The minimum absolute atomic E-state index is 0.0157. The summed E-state index contributed by atoms with van der Waals surface area (Å²) in [5, 5.41) is 3.94. The van der Waals surface area contributed by atoms with Crippen molar-refractivity contribution in [2.75, 3.05) is 6.61 Å². The van der Waals surface area contributed by atoms with Crippen molar-refractivity contribution < 1.29 is 18.4 Å². The molecular weight excluding hydrogens is 323 g/mol. The molecule has 3 rings (SSSR count). The number of carbonyl (C=O) groups excluding carboxylic acids is 1. The Morgan fingerprint density at radius 2 is 1.96 bits per heavy atom. The van der Waals surface area contributed by atoms with Gasteiger partial charge in [0.15, 0.2) is 5.76 Å². The topological polar surface area (TPSA) is 55.6 Å². The number of likely N-dealkylation sites (tertiary alicyclic amines) is 1. The van der Waals surface area contributed by atoms with Crippen LogP contribution in [-0.4, -0.2) is 34.7 Å². The molecule has 6 heteroatoms. The van der Waals surface area contributed by atoms with Crippen molar-refractivity contribution in [3.05, 3.63) is 41.8 Å². The molecule has 25 heavy (non-hydrogen) atoms. The summed E-state index contributed by atoms with van der Waals surface area (Å²) in [6.07, 6.45) is 3.25. The zero-order chi connectivity index (χ0) is 17.8. The Hall–Kier alpha value is -2.21. The molecule has 1 amide bonds. The van der Waals surface area contributed by atoms with Crippen LogP contribution in [0.1, 0.15) is 38.8 Å². The highest BCUT2D eigenvalue weighted by Crippen LogP contribution is 2.23. The molecule has 1 aromatic heterocycles. The first-order chi connectivity index (χ1) is 12.0. The average molecular weight is 346 g/mol. The number of rotatable bonds is 5. The lowest BCUT2D eigenvalue weighted by atomic mass is 9.97. The molecule has 0 unspecified atom stereocenters. The fourth-order valence-corrected chi connectivity index (χ4v) is 3.36. The summed E-state index contributed by atoms with van der Waals surface area (Å²) in [7, 11) is 0. The van der Waals surface area contributed by atoms with Crippen LogP contribution in [0.2, 0.25) is 0 Å². The molecule has 2 aromatic rings. The lowest BCUT2D eigenvalue weighted by Gasteiger charge is -2.39. The van der Waals surface area contributed by atoms with Crippen molar-refractivity contribution in [3.8, 4) is 11.3 Å². The number of halogens is 1. The molecule has 0 aliphatic carbocycles. The molecule has 1 aliphatic heterocycles. The number of benzene rings is 1. The summed E-state index contributed by atoms with van der Waals surface area (Å²) in [4.78, 5) is 14.3. The molecular formula is C19H23FN2O3. The number of amides is 1. The maximum Gasteiger partial charge on any atom is 0.249 e. The third-order valence-electron chi connectivity index (χ3n) is 4.64. The molecule has 1 fully saturated rings. The number of nitrogens with zero attached hydrogens (tertiary/aromatic N) is 2. The largest absolute Gasteiger partial charge is 0.365 e. The van der Waals surface area contributed by atoms with Gasteiger partial charge in [0.05, 0.1) is 6.61 Å². The van der Waals surface area contributed by atoms with Crippen molar-refractivity contribution >= 4 is 5.91 Å². The second-order valence-electron chi connectivity index (χ2n) is 6.61. The molecule has 0 bridgehead atoms. The predicted molar refractivity (Wildman–Crippen MR) is 91.2 cm³/mol. The van der Waals surface area contributed by atoms with Crippen molar-refractivity contribution in [1.82, 2.24) is 10.1 Å². The second-order valence-corrected chi connectivity index (χ2v) is 6.61. The van der Waals surface area contributed by atoms with E-state index < -0.39 is 0 Å². The van der Waals surface area contributed by atoms with Crippen molar-refractivity contribution in [3.63, 3.8) is 0 Å². The summed E-state index contributed by atoms with van der Waals surface area (Å²) in [5.41, 5.74) is 1.35. The SMILES string of the molecule is C[C@@H]1CCC[C@@H](C)N1C(=O)COCc1cc(-c2ccc(F)cc2)on1. The third-order valence-corrected chi connectivity index (χ3v) is 4.64. The molecule has 5 nitrogen and oxygen atoms in total. The van der Waals surface area contributed by atoms with Crippen LogP contribution >= 0.6 is 0 Å². The highest BCUT2D eigenvalue weighted by atomic mass is 19.1. The maximum atomic E-state index is 13.0. The Kier molecular flexibility index (Phi) is 5.48. The van der Waals surface area contributed by atoms with Crippen molar-refractivity contribution in [2.24, 2.45) is 0 Å². The van der Waals surface area contributed by atoms with Crippen LogP contribution in [0.25, 0.3) is 11.3 Å². The number of hydrogen-bond acceptors (Lipinski definition) is 4. The van der Waals surface area contributed by atoms with E-state index in [1.807, 2.05) is 4.90 Å². The summed E-state index contributed by atoms with van der Waals surface area (Å²) in [6.45, 7) is 4.40. The molecule has 2 atom stereocenters. The van der Waals surface area contributed by atoms with Gasteiger partial charge in [-0.05, 0) is 57.4 Å². The first kappa shape index (κ1) is 17.6. The van der Waals surface area contributed by atoms with E-state index in [4.69, 9.17) is 9.26 Å². The number of aromatic nitrogens is 1. The van der Waals surface area contributed by atoms with Crippen LogP contribution < -0.4 is 0 Å². The van der Waals surface area contributed by atoms with E-state index in [9.17, 15) is 9.18 Å². The second kappa shape index (κ2) is 7.78. The van der Waals surface area contributed by atoms with E-state index in [0.29, 0.717) is 11.5 Å². The molecule has 1 aromatic carbocycles. The minimum atomic E-state index is -0.300. The molecule has 0 spiro atoms. The highest BCUT2D eigenvalue weighted by molar-refractivity contribution is 5.78. The van der Waals surface area contributed by atoms with E-state index in [2.05, 4.69) is 19.0 Å². The van der Waals surface area contributed by atoms with Gasteiger partial charge in [-0.2, -0.15) is 0 Å². The number of hydrogen-bond donors (Lipinski definition) is 0. The monoisotopic (exact) mass is 346 g/mol. The molecule has 1 saturated heterocycles. The molecule has 0 N–H and O–H groups in total. The number of ether oxygens (including phenoxy) is 1. The van der Waals surface area contributed by atoms with Gasteiger partial charge in [-0.1, -0.05) is 5.16 Å². The van der Waals surface area contributed by atoms with Gasteiger partial charge in [0.2, 0.25) is 5.91 Å². The molecule has 0 saturated carbocycles. The summed E-state index contributed by atoms with van der Waals surface area (Å²) in [5.74, 6) is 0.261. The van der Waals surface area contributed by atoms with Crippen molar-refractivity contribution in [1.29, 1.82) is 0 Å². The van der Waals surface area contributed by atoms with E-state index in [1.165, 1.54) is 12.1 Å². The van der Waals surface area contributed by atoms with Gasteiger partial charge in [-0.3, -0.25) is 4.79 Å². The first-order valence-electron chi connectivity index (χ1n) is 8.65. The molecule has 0 radical (unpaired) electrons. The Labute approximate surface area is 146 Å². The van der Waals surface area contributed by atoms with E-state index in [1.54, 1.807) is 18.2 Å². The maximum absolute atomic E-state index is 13.0. The van der Waals surface area contributed by atoms with E-state index in [0.717, 1.165) is 24.8 Å². The first-order valence-corrected chi connectivity index (χ1v) is 8.65. The van der Waals surface area contributed by atoms with Crippen LogP contribution in [0.15, 0.2) is 34.9 Å². The van der Waals surface area contributed by atoms with Crippen molar-refractivity contribution in [2.45, 2.75) is 51.8 Å². The average Bonchev–Trinajstić information content (AvgIpc) is 3.04. The zero-order valence-corrected chi connectivity index (χ0v) is 14.6. The minimum Gasteiger partial charge on any atom is -0.365 e. The highest BCUT2D eigenvalue weighted by Gasteiger charge is 2.28. The van der Waals surface area contributed by atoms with Gasteiger partial charge < -0.3 is 14.2 Å². The quantitative estimate of drug-likeness (QED) is 0.827. The Morgan fingerprint density at radius 3 is 2.64 bits per heavy atom. The van der Waals surface area contributed by atoms with Crippen LogP contribution in [0.4, 0.5) is 4.39 Å². The number of piperidine rings is 1. The van der Waals surface area contributed by atoms with E-state index >= 15 is 0 Å². The molecule has 1 aliphatic rings. The van der Waals surface area contributed by atoms with Gasteiger partial charge in [-0.15, -0.1) is 0 Å². The zero-order valence-electron chi connectivity index (χ0n) is 14.6. The standard InChI is InChI=1S/C19H23FN2O3/c1-13-4-3-5-14(2)22(13)19(23)12-24-11-17-10-18(25-21-17)15-6-8-16(20)9-7-15/h6-10,13-14H,3-5,11-12H2,1-2H3/t13-,14-/m1/s1. The Morgan fingerprint density at radius 1 is 1.28 bits per heavy atom. The van der Waals surface area contributed by atoms with Gasteiger partial charge in [0.1, 0.15) is 18.1 Å². The lowest BCUT2D eigenvalue weighted by molar-refractivity contribution is -0.142.